The number of nitrogens with zero attached hydrogens (tertiary/aromatic N) is 1. The highest BCUT2D eigenvalue weighted by Crippen LogP contribution is 2.07. The Balaban J connectivity index is 2.38. The fourth-order valence-electron chi connectivity index (χ4n) is 0.875. The molecule has 0 aliphatic heterocycles. The summed E-state index contributed by atoms with van der Waals surface area (Å²) >= 11 is 1.69. The monoisotopic (exact) mass is 211 g/mol. The third kappa shape index (κ3) is 3.26. The van der Waals surface area contributed by atoms with Gasteiger partial charge in [0.15, 0.2) is 0 Å². The van der Waals surface area contributed by atoms with Crippen LogP contribution in [-0.4, -0.2) is 28.1 Å². The van der Waals surface area contributed by atoms with Crippen LogP contribution in [-0.2, 0) is 4.79 Å². The van der Waals surface area contributed by atoms with E-state index in [1.807, 2.05) is 6.26 Å². The second-order valence-electron chi connectivity index (χ2n) is 2.77. The molecule has 1 aromatic heterocycles. The second kappa shape index (κ2) is 5.49. The lowest BCUT2D eigenvalue weighted by atomic mass is 10.2. The number of hydrogen-bond donors (Lipinski definition) is 2. The molecule has 0 radical (unpaired) electrons. The van der Waals surface area contributed by atoms with Gasteiger partial charge in [-0.15, -0.1) is 0 Å². The van der Waals surface area contributed by atoms with Gasteiger partial charge in [-0.1, -0.05) is 6.58 Å². The predicted molar refractivity (Wildman–Crippen MR) is 59.4 cm³/mol. The first-order valence-electron chi connectivity index (χ1n) is 4.21. The lowest BCUT2D eigenvalue weighted by Gasteiger charge is -2.04. The molecule has 1 rings (SSSR count). The maximum Gasteiger partial charge on any atom is 0.252 e. The molecule has 2 N–H and O–H groups in total. The molecule has 0 aliphatic rings. The summed E-state index contributed by atoms with van der Waals surface area (Å²) in [7, 11) is 0. The highest BCUT2D eigenvalue weighted by atomic mass is 32.2. The van der Waals surface area contributed by atoms with E-state index in [4.69, 9.17) is 0 Å². The zero-order chi connectivity index (χ0) is 10.4. The number of aromatic nitrogens is 2. The van der Waals surface area contributed by atoms with E-state index in [1.165, 1.54) is 0 Å². The van der Waals surface area contributed by atoms with E-state index < -0.39 is 0 Å². The summed E-state index contributed by atoms with van der Waals surface area (Å²) in [5.74, 6) is 1.36. The average molecular weight is 211 g/mol. The van der Waals surface area contributed by atoms with Crippen LogP contribution in [0.25, 0.3) is 0 Å². The first-order valence-corrected chi connectivity index (χ1v) is 5.61. The van der Waals surface area contributed by atoms with Crippen LogP contribution in [0.4, 0.5) is 5.82 Å². The van der Waals surface area contributed by atoms with Crippen molar-refractivity contribution in [1.29, 1.82) is 0 Å². The van der Waals surface area contributed by atoms with Crippen LogP contribution in [0, 0.1) is 0 Å². The van der Waals surface area contributed by atoms with Gasteiger partial charge in [-0.2, -0.15) is 16.9 Å². The third-order valence-corrected chi connectivity index (χ3v) is 2.29. The maximum atomic E-state index is 11.4. The lowest BCUT2D eigenvalue weighted by molar-refractivity contribution is -0.112. The number of anilines is 1. The first-order chi connectivity index (χ1) is 6.74. The molecular formula is C9H13N3OS. The smallest absolute Gasteiger partial charge is 0.252 e. The van der Waals surface area contributed by atoms with E-state index in [9.17, 15) is 4.79 Å². The molecule has 0 spiro atoms. The summed E-state index contributed by atoms with van der Waals surface area (Å²) in [6.45, 7) is 3.71. The van der Waals surface area contributed by atoms with Gasteiger partial charge in [-0.3, -0.25) is 9.89 Å². The molecule has 4 nitrogen and oxygen atoms in total. The van der Waals surface area contributed by atoms with Crippen LogP contribution in [0.2, 0.25) is 0 Å². The van der Waals surface area contributed by atoms with E-state index in [2.05, 4.69) is 22.1 Å². The Morgan fingerprint density at radius 1 is 1.79 bits per heavy atom. The summed E-state index contributed by atoms with van der Waals surface area (Å²) < 4.78 is 0. The number of H-pyrrole nitrogens is 1. The number of carbonyl (C=O) groups is 1. The van der Waals surface area contributed by atoms with Crippen molar-refractivity contribution in [2.24, 2.45) is 0 Å². The standard InChI is InChI=1S/C9H13N3OS/c1-7(4-6-14-2)9(13)11-8-3-5-10-12-8/h3,5H,1,4,6H2,2H3,(H2,10,11,12,13). The molecule has 1 aromatic rings. The summed E-state index contributed by atoms with van der Waals surface area (Å²) in [5.41, 5.74) is 0.592. The van der Waals surface area contributed by atoms with Gasteiger partial charge in [0.2, 0.25) is 0 Å². The van der Waals surface area contributed by atoms with E-state index in [1.54, 1.807) is 24.0 Å². The SMILES string of the molecule is C=C(CCSC)C(=O)Nc1ccn[nH]1. The van der Waals surface area contributed by atoms with E-state index in [0.717, 1.165) is 5.75 Å². The molecular weight excluding hydrogens is 198 g/mol. The maximum absolute atomic E-state index is 11.4. The average Bonchev–Trinajstić information content (AvgIpc) is 2.66. The molecule has 0 saturated heterocycles. The molecule has 0 aromatic carbocycles. The highest BCUT2D eigenvalue weighted by molar-refractivity contribution is 7.98. The lowest BCUT2D eigenvalue weighted by Crippen LogP contribution is -2.14. The van der Waals surface area contributed by atoms with E-state index in [-0.39, 0.29) is 5.91 Å². The molecule has 0 unspecified atom stereocenters. The minimum atomic E-state index is -0.150. The van der Waals surface area contributed by atoms with Gasteiger partial charge in [0, 0.05) is 11.6 Å². The van der Waals surface area contributed by atoms with Crippen LogP contribution < -0.4 is 5.32 Å². The molecule has 0 atom stereocenters. The van der Waals surface area contributed by atoms with Crippen LogP contribution in [0.15, 0.2) is 24.4 Å². The molecule has 1 heterocycles. The number of rotatable bonds is 5. The molecule has 0 fully saturated rings. The van der Waals surface area contributed by atoms with Crippen LogP contribution >= 0.6 is 11.8 Å². The Morgan fingerprint density at radius 2 is 2.57 bits per heavy atom. The Hall–Kier alpha value is -1.23. The Bertz CT molecular complexity index is 308. The number of hydrogen-bond acceptors (Lipinski definition) is 3. The molecule has 14 heavy (non-hydrogen) atoms. The van der Waals surface area contributed by atoms with Gasteiger partial charge in [-0.05, 0) is 18.4 Å². The van der Waals surface area contributed by atoms with Crippen molar-refractivity contribution in [1.82, 2.24) is 10.2 Å². The third-order valence-electron chi connectivity index (χ3n) is 1.68. The van der Waals surface area contributed by atoms with Crippen LogP contribution in [0.3, 0.4) is 0 Å². The number of aromatic amines is 1. The molecule has 1 amide bonds. The minimum Gasteiger partial charge on any atom is -0.307 e. The first kappa shape index (κ1) is 10.8. The van der Waals surface area contributed by atoms with Crippen LogP contribution in [0.1, 0.15) is 6.42 Å². The van der Waals surface area contributed by atoms with Crippen molar-refractivity contribution < 1.29 is 4.79 Å². The van der Waals surface area contributed by atoms with Crippen molar-refractivity contribution in [2.75, 3.05) is 17.3 Å². The summed E-state index contributed by atoms with van der Waals surface area (Å²) in [5, 5.41) is 9.04. The van der Waals surface area contributed by atoms with Gasteiger partial charge < -0.3 is 5.32 Å². The van der Waals surface area contributed by atoms with Gasteiger partial charge in [0.25, 0.3) is 5.91 Å². The highest BCUT2D eigenvalue weighted by Gasteiger charge is 2.06. The Labute approximate surface area is 87.2 Å². The topological polar surface area (TPSA) is 57.8 Å². The second-order valence-corrected chi connectivity index (χ2v) is 3.76. The quantitative estimate of drug-likeness (QED) is 0.728. The van der Waals surface area contributed by atoms with Crippen molar-refractivity contribution in [2.45, 2.75) is 6.42 Å². The van der Waals surface area contributed by atoms with Gasteiger partial charge in [0.1, 0.15) is 5.82 Å². The minimum absolute atomic E-state index is 0.150. The zero-order valence-corrected chi connectivity index (χ0v) is 8.86. The molecule has 5 heteroatoms. The normalized spacial score (nSPS) is 9.79. The Kier molecular flexibility index (Phi) is 4.25. The van der Waals surface area contributed by atoms with Gasteiger partial charge in [-0.25, -0.2) is 0 Å². The Morgan fingerprint density at radius 3 is 3.14 bits per heavy atom. The molecule has 0 aliphatic carbocycles. The van der Waals surface area contributed by atoms with Crippen molar-refractivity contribution >= 4 is 23.5 Å². The molecule has 0 saturated carbocycles. The number of carbonyl (C=O) groups excluding carboxylic acids is 1. The fourth-order valence-corrected chi connectivity index (χ4v) is 1.33. The van der Waals surface area contributed by atoms with Crippen molar-refractivity contribution in [3.63, 3.8) is 0 Å². The summed E-state index contributed by atoms with van der Waals surface area (Å²) in [4.78, 5) is 11.4. The largest absolute Gasteiger partial charge is 0.307 e. The summed E-state index contributed by atoms with van der Waals surface area (Å²) in [6.07, 6.45) is 4.29. The van der Waals surface area contributed by atoms with Crippen molar-refractivity contribution in [3.8, 4) is 0 Å². The fraction of sp³-hybridized carbons (Fsp3) is 0.333. The van der Waals surface area contributed by atoms with E-state index in [0.29, 0.717) is 17.8 Å². The number of thioether (sulfide) groups is 1. The summed E-state index contributed by atoms with van der Waals surface area (Å²) in [6, 6.07) is 1.69. The van der Waals surface area contributed by atoms with Gasteiger partial charge >= 0.3 is 0 Å². The predicted octanol–water partition coefficient (Wildman–Crippen LogP) is 1.66. The molecule has 76 valence electrons. The molecule has 0 bridgehead atoms. The zero-order valence-electron chi connectivity index (χ0n) is 8.04. The van der Waals surface area contributed by atoms with Gasteiger partial charge in [0.05, 0.1) is 6.20 Å². The number of nitrogens with one attached hydrogen (secondary N) is 2. The van der Waals surface area contributed by atoms with E-state index >= 15 is 0 Å². The number of amides is 1. The van der Waals surface area contributed by atoms with Crippen LogP contribution in [0.5, 0.6) is 0 Å². The van der Waals surface area contributed by atoms with Crippen molar-refractivity contribution in [3.05, 3.63) is 24.4 Å².